The molecule has 0 unspecified atom stereocenters. The van der Waals surface area contributed by atoms with Crippen LogP contribution in [0.2, 0.25) is 0 Å². The highest BCUT2D eigenvalue weighted by Gasteiger charge is 2.37. The Kier molecular flexibility index (Phi) is 10.8. The van der Waals surface area contributed by atoms with Gasteiger partial charge in [-0.2, -0.15) is 0 Å². The minimum Gasteiger partial charge on any atom is -0.474 e. The average Bonchev–Trinajstić information content (AvgIpc) is 4.00. The number of carbonyl (C=O) groups excluding carboxylic acids is 4. The maximum absolute atomic E-state index is 14.7. The second-order valence-electron chi connectivity index (χ2n) is 13.1. The lowest BCUT2D eigenvalue weighted by Crippen LogP contribution is -2.28. The highest BCUT2D eigenvalue weighted by atomic mass is 19.2. The van der Waals surface area contributed by atoms with E-state index >= 15 is 0 Å². The van der Waals surface area contributed by atoms with E-state index in [1.165, 1.54) is 63.3 Å². The Morgan fingerprint density at radius 2 is 1.25 bits per heavy atom. The zero-order valence-corrected chi connectivity index (χ0v) is 29.8. The number of aromatic nitrogens is 3. The number of amides is 2. The molecule has 5 aliphatic rings. The number of ketones is 2. The van der Waals surface area contributed by atoms with Gasteiger partial charge in [-0.25, -0.2) is 36.8 Å². The molecule has 1 aromatic heterocycles. The maximum atomic E-state index is 14.7. The number of aliphatic imine (C=N–C) groups is 1. The number of anilines is 4. The summed E-state index contributed by atoms with van der Waals surface area (Å²) in [5.41, 5.74) is 0.332. The van der Waals surface area contributed by atoms with Gasteiger partial charge in [-0.1, -0.05) is 11.3 Å². The monoisotopic (exact) mass is 778 g/mol. The van der Waals surface area contributed by atoms with E-state index in [-0.39, 0.29) is 86.5 Å². The van der Waals surface area contributed by atoms with E-state index in [4.69, 9.17) is 14.2 Å². The molecule has 5 aliphatic heterocycles. The van der Waals surface area contributed by atoms with Gasteiger partial charge in [-0.3, -0.25) is 19.4 Å². The van der Waals surface area contributed by atoms with Crippen LogP contribution in [0.1, 0.15) is 18.5 Å². The summed E-state index contributed by atoms with van der Waals surface area (Å²) >= 11 is 0. The highest BCUT2D eigenvalue weighted by Crippen LogP contribution is 2.34. The van der Waals surface area contributed by atoms with Crippen molar-refractivity contribution in [2.45, 2.75) is 38.5 Å². The number of halogens is 4. The summed E-state index contributed by atoms with van der Waals surface area (Å²) in [6.07, 6.45) is 8.45. The third kappa shape index (κ3) is 8.10. The molecule has 2 amide bonds. The number of hydrogen-bond acceptors (Lipinski definition) is 12. The first-order chi connectivity index (χ1) is 26.9. The van der Waals surface area contributed by atoms with Crippen molar-refractivity contribution < 1.29 is 51.0 Å². The van der Waals surface area contributed by atoms with Crippen molar-refractivity contribution >= 4 is 52.4 Å². The SMILES string of the molecule is Cc1cn(C[C@H]2CN(c3ccc(N4C=CC(=O)CC4)c(F)c3F)C(=O)O2)nn1.O=C1C=CN(c2ccc(N3C[C@H](COC4=NCC=C4)OC3=O)c(F)c2F)CC1. The number of aryl methyl sites for hydroxylation is 1. The van der Waals surface area contributed by atoms with Gasteiger partial charge in [-0.05, 0) is 49.4 Å². The lowest BCUT2D eigenvalue weighted by molar-refractivity contribution is -0.115. The number of cyclic esters (lactones) is 2. The molecule has 2 saturated heterocycles. The van der Waals surface area contributed by atoms with E-state index in [2.05, 4.69) is 15.3 Å². The zero-order chi connectivity index (χ0) is 39.5. The molecule has 15 nitrogen and oxygen atoms in total. The first kappa shape index (κ1) is 37.8. The lowest BCUT2D eigenvalue weighted by Gasteiger charge is -2.24. The fourth-order valence-electron chi connectivity index (χ4n) is 6.38. The van der Waals surface area contributed by atoms with Crippen LogP contribution in [0, 0.1) is 30.2 Å². The van der Waals surface area contributed by atoms with Gasteiger partial charge < -0.3 is 24.0 Å². The van der Waals surface area contributed by atoms with Crippen molar-refractivity contribution in [3.63, 3.8) is 0 Å². The first-order valence-corrected chi connectivity index (χ1v) is 17.5. The van der Waals surface area contributed by atoms with Crippen LogP contribution in [0.15, 0.2) is 72.2 Å². The Morgan fingerprint density at radius 3 is 1.73 bits per heavy atom. The second kappa shape index (κ2) is 16.1. The molecule has 2 atom stereocenters. The van der Waals surface area contributed by atoms with Crippen molar-refractivity contribution in [2.24, 2.45) is 4.99 Å². The number of nitrogens with zero attached hydrogens (tertiary/aromatic N) is 8. The van der Waals surface area contributed by atoms with Crippen LogP contribution in [0.25, 0.3) is 0 Å². The third-order valence-corrected chi connectivity index (χ3v) is 9.18. The molecule has 0 N–H and O–H groups in total. The Labute approximate surface area is 316 Å². The quantitative estimate of drug-likeness (QED) is 0.292. The summed E-state index contributed by atoms with van der Waals surface area (Å²) in [6, 6.07) is 5.42. The summed E-state index contributed by atoms with van der Waals surface area (Å²) in [6.45, 7) is 3.27. The molecule has 2 aromatic carbocycles. The Morgan fingerprint density at radius 1 is 0.732 bits per heavy atom. The molecule has 0 bridgehead atoms. The van der Waals surface area contributed by atoms with Gasteiger partial charge in [0.05, 0.1) is 54.6 Å². The predicted molar refractivity (Wildman–Crippen MR) is 192 cm³/mol. The summed E-state index contributed by atoms with van der Waals surface area (Å²) in [7, 11) is 0. The standard InChI is InChI=1S/C19H17F2N3O4.C18H17F2N5O3/c20-17-14(23-8-5-12(25)6-9-23)3-4-15(18(17)21)24-10-13(28-19(24)26)11-27-16-2-1-7-22-16;1-11-8-24(22-21-11)9-13-10-25(18(27)28-13)15-3-2-14(16(19)17(15)20)23-6-4-12(26)5-7-23/h1-5,8,13H,6-7,9-11H2;2-4,6,8,13H,5,7,9-10H2,1H3/t2*13-/m10/s1. The Balaban J connectivity index is 0.000000172. The predicted octanol–water partition coefficient (Wildman–Crippen LogP) is 4.75. The summed E-state index contributed by atoms with van der Waals surface area (Å²) in [4.78, 5) is 55.9. The smallest absolute Gasteiger partial charge is 0.414 e. The van der Waals surface area contributed by atoms with Crippen molar-refractivity contribution in [3.05, 3.63) is 96.1 Å². The molecule has 3 aromatic rings. The number of allylic oxidation sites excluding steroid dienone is 2. The summed E-state index contributed by atoms with van der Waals surface area (Å²) < 4.78 is 76.0. The largest absolute Gasteiger partial charge is 0.474 e. The highest BCUT2D eigenvalue weighted by molar-refractivity contribution is 5.94. The molecule has 0 saturated carbocycles. The fourth-order valence-corrected chi connectivity index (χ4v) is 6.38. The molecule has 19 heteroatoms. The number of rotatable bonds is 8. The van der Waals surface area contributed by atoms with Crippen molar-refractivity contribution in [2.75, 3.05) is 58.9 Å². The number of ether oxygens (including phenoxy) is 3. The van der Waals surface area contributed by atoms with E-state index < -0.39 is 47.7 Å². The van der Waals surface area contributed by atoms with Crippen LogP contribution in [-0.2, 0) is 30.3 Å². The second-order valence-corrected chi connectivity index (χ2v) is 13.1. The molecular formula is C37H34F4N8O7. The van der Waals surface area contributed by atoms with Crippen molar-refractivity contribution in [1.82, 2.24) is 15.0 Å². The van der Waals surface area contributed by atoms with E-state index in [9.17, 15) is 36.7 Å². The normalized spacial score (nSPS) is 20.4. The first-order valence-electron chi connectivity index (χ1n) is 17.5. The lowest BCUT2D eigenvalue weighted by atomic mass is 10.1. The topological polar surface area (TPSA) is 152 Å². The third-order valence-electron chi connectivity index (χ3n) is 9.18. The minimum atomic E-state index is -1.15. The number of carbonyl (C=O) groups is 4. The van der Waals surface area contributed by atoms with Crippen LogP contribution in [0.3, 0.4) is 0 Å². The molecule has 2 fully saturated rings. The Hall–Kier alpha value is -6.53. The van der Waals surface area contributed by atoms with E-state index in [1.54, 1.807) is 19.2 Å². The number of benzene rings is 2. The molecule has 6 heterocycles. The van der Waals surface area contributed by atoms with Crippen LogP contribution in [-0.4, -0.2) is 96.2 Å². The van der Waals surface area contributed by atoms with Crippen LogP contribution in [0.4, 0.5) is 49.9 Å². The van der Waals surface area contributed by atoms with Gasteiger partial charge in [-0.15, -0.1) is 5.10 Å². The molecule has 56 heavy (non-hydrogen) atoms. The van der Waals surface area contributed by atoms with Crippen LogP contribution >= 0.6 is 0 Å². The molecule has 292 valence electrons. The zero-order valence-electron chi connectivity index (χ0n) is 29.8. The van der Waals surface area contributed by atoms with Crippen molar-refractivity contribution in [3.8, 4) is 0 Å². The summed E-state index contributed by atoms with van der Waals surface area (Å²) in [5, 5.41) is 7.75. The molecular weight excluding hydrogens is 744 g/mol. The Bertz CT molecular complexity index is 2190. The van der Waals surface area contributed by atoms with Gasteiger partial charge in [0.1, 0.15) is 12.7 Å². The van der Waals surface area contributed by atoms with Gasteiger partial charge in [0.2, 0.25) is 5.90 Å². The van der Waals surface area contributed by atoms with E-state index in [1.807, 2.05) is 6.08 Å². The van der Waals surface area contributed by atoms with Gasteiger partial charge in [0.25, 0.3) is 0 Å². The minimum absolute atomic E-state index is 0.00322. The molecule has 8 rings (SSSR count). The maximum Gasteiger partial charge on any atom is 0.414 e. The summed E-state index contributed by atoms with van der Waals surface area (Å²) in [5.74, 6) is -4.15. The molecule has 0 aliphatic carbocycles. The van der Waals surface area contributed by atoms with Gasteiger partial charge >= 0.3 is 12.2 Å². The van der Waals surface area contributed by atoms with E-state index in [0.717, 1.165) is 15.5 Å². The average molecular weight is 779 g/mol. The van der Waals surface area contributed by atoms with Gasteiger partial charge in [0.15, 0.2) is 40.9 Å². The van der Waals surface area contributed by atoms with Crippen molar-refractivity contribution in [1.29, 1.82) is 0 Å². The molecule has 0 radical (unpaired) electrons. The van der Waals surface area contributed by atoms with Gasteiger partial charge in [0, 0.05) is 44.5 Å². The van der Waals surface area contributed by atoms with E-state index in [0.29, 0.717) is 12.4 Å². The van der Waals surface area contributed by atoms with Crippen LogP contribution in [0.5, 0.6) is 0 Å². The molecule has 0 spiro atoms. The number of hydrogen-bond donors (Lipinski definition) is 0. The fraction of sp³-hybridized carbons (Fsp3) is 0.324. The van der Waals surface area contributed by atoms with Crippen LogP contribution < -0.4 is 19.6 Å².